The summed E-state index contributed by atoms with van der Waals surface area (Å²) < 4.78 is 0.833. The van der Waals surface area contributed by atoms with Crippen molar-refractivity contribution < 1.29 is 9.69 Å². The van der Waals surface area contributed by atoms with Crippen LogP contribution >= 0.6 is 15.9 Å². The summed E-state index contributed by atoms with van der Waals surface area (Å²) in [4.78, 5) is 13.0. The van der Waals surface area contributed by atoms with Crippen LogP contribution < -0.4 is 10.2 Å². The van der Waals surface area contributed by atoms with Gasteiger partial charge in [-0.1, -0.05) is 12.1 Å². The van der Waals surface area contributed by atoms with Crippen LogP contribution in [-0.4, -0.2) is 33.1 Å². The number of hydrogen-bond acceptors (Lipinski definition) is 1. The minimum Gasteiger partial charge on any atom is -0.346 e. The van der Waals surface area contributed by atoms with Gasteiger partial charge >= 0.3 is 0 Å². The fourth-order valence-corrected chi connectivity index (χ4v) is 1.63. The van der Waals surface area contributed by atoms with E-state index in [1.807, 2.05) is 24.3 Å². The van der Waals surface area contributed by atoms with Crippen LogP contribution in [0.15, 0.2) is 28.7 Å². The monoisotopic (exact) mass is 271 g/mol. The lowest BCUT2D eigenvalue weighted by Crippen LogP contribution is -3.06. The highest BCUT2D eigenvalue weighted by Gasteiger charge is 2.08. The van der Waals surface area contributed by atoms with Gasteiger partial charge in [-0.15, -0.1) is 0 Å². The number of benzene rings is 1. The molecule has 0 aliphatic carbocycles. The van der Waals surface area contributed by atoms with Crippen LogP contribution in [0.1, 0.15) is 10.4 Å². The predicted molar refractivity (Wildman–Crippen MR) is 64.2 cm³/mol. The Morgan fingerprint density at radius 3 is 2.67 bits per heavy atom. The molecular formula is C11H16BrN2O+. The van der Waals surface area contributed by atoms with Gasteiger partial charge in [-0.25, -0.2) is 0 Å². The van der Waals surface area contributed by atoms with Gasteiger partial charge in [0.25, 0.3) is 5.91 Å². The zero-order valence-corrected chi connectivity index (χ0v) is 10.6. The Balaban J connectivity index is 2.51. The third-order valence-corrected chi connectivity index (χ3v) is 2.72. The molecule has 0 heterocycles. The second-order valence-electron chi connectivity index (χ2n) is 3.69. The Labute approximate surface area is 98.6 Å². The van der Waals surface area contributed by atoms with Crippen molar-refractivity contribution >= 4 is 21.8 Å². The average molecular weight is 272 g/mol. The maximum absolute atomic E-state index is 11.7. The molecular weight excluding hydrogens is 256 g/mol. The Hall–Kier alpha value is -0.870. The molecule has 0 radical (unpaired) electrons. The second-order valence-corrected chi connectivity index (χ2v) is 4.55. The van der Waals surface area contributed by atoms with E-state index < -0.39 is 0 Å². The summed E-state index contributed by atoms with van der Waals surface area (Å²) >= 11 is 3.35. The first kappa shape index (κ1) is 12.2. The predicted octanol–water partition coefficient (Wildman–Crippen LogP) is 0.323. The van der Waals surface area contributed by atoms with E-state index >= 15 is 0 Å². The van der Waals surface area contributed by atoms with Gasteiger partial charge in [0, 0.05) is 4.47 Å². The van der Waals surface area contributed by atoms with Crippen LogP contribution in [0.4, 0.5) is 0 Å². The molecule has 1 aromatic carbocycles. The normalized spacial score (nSPS) is 10.4. The van der Waals surface area contributed by atoms with E-state index in [9.17, 15) is 4.79 Å². The molecule has 15 heavy (non-hydrogen) atoms. The molecule has 4 heteroatoms. The van der Waals surface area contributed by atoms with E-state index in [-0.39, 0.29) is 5.91 Å². The summed E-state index contributed by atoms with van der Waals surface area (Å²) in [5, 5.41) is 2.88. The molecule has 1 amide bonds. The van der Waals surface area contributed by atoms with Crippen molar-refractivity contribution in [3.8, 4) is 0 Å². The highest BCUT2D eigenvalue weighted by atomic mass is 79.9. The summed E-state index contributed by atoms with van der Waals surface area (Å²) in [7, 11) is 4.12. The van der Waals surface area contributed by atoms with Gasteiger partial charge in [-0.2, -0.15) is 0 Å². The summed E-state index contributed by atoms with van der Waals surface area (Å²) in [6.45, 7) is 1.62. The lowest BCUT2D eigenvalue weighted by molar-refractivity contribution is -0.856. The molecule has 0 atom stereocenters. The van der Waals surface area contributed by atoms with Crippen molar-refractivity contribution in [2.45, 2.75) is 0 Å². The highest BCUT2D eigenvalue weighted by Crippen LogP contribution is 2.15. The van der Waals surface area contributed by atoms with E-state index in [4.69, 9.17) is 0 Å². The lowest BCUT2D eigenvalue weighted by Gasteiger charge is -2.09. The third kappa shape index (κ3) is 4.01. The minimum atomic E-state index is -0.0243. The number of quaternary nitrogens is 1. The molecule has 2 N–H and O–H groups in total. The van der Waals surface area contributed by atoms with Crippen LogP contribution in [0.25, 0.3) is 0 Å². The Bertz CT molecular complexity index is 339. The highest BCUT2D eigenvalue weighted by molar-refractivity contribution is 9.10. The van der Waals surface area contributed by atoms with E-state index in [2.05, 4.69) is 35.3 Å². The number of carbonyl (C=O) groups is 1. The van der Waals surface area contributed by atoms with Gasteiger partial charge in [0.1, 0.15) is 0 Å². The first-order chi connectivity index (χ1) is 7.11. The molecule has 0 saturated carbocycles. The number of amides is 1. The van der Waals surface area contributed by atoms with Gasteiger partial charge in [0.05, 0.1) is 32.7 Å². The molecule has 82 valence electrons. The first-order valence-corrected chi connectivity index (χ1v) is 5.72. The molecule has 0 unspecified atom stereocenters. The molecule has 0 spiro atoms. The zero-order valence-electron chi connectivity index (χ0n) is 9.01. The summed E-state index contributed by atoms with van der Waals surface area (Å²) in [6.07, 6.45) is 0. The van der Waals surface area contributed by atoms with Crippen LogP contribution in [-0.2, 0) is 0 Å². The van der Waals surface area contributed by atoms with Crippen LogP contribution in [0.2, 0.25) is 0 Å². The van der Waals surface area contributed by atoms with Crippen molar-refractivity contribution in [1.29, 1.82) is 0 Å². The molecule has 0 aromatic heterocycles. The number of hydrogen-bond donors (Lipinski definition) is 2. The quantitative estimate of drug-likeness (QED) is 0.813. The van der Waals surface area contributed by atoms with Gasteiger partial charge in [0.15, 0.2) is 0 Å². The molecule has 3 nitrogen and oxygen atoms in total. The van der Waals surface area contributed by atoms with E-state index in [0.29, 0.717) is 12.1 Å². The van der Waals surface area contributed by atoms with Crippen LogP contribution in [0, 0.1) is 0 Å². The number of carbonyl (C=O) groups excluding carboxylic acids is 1. The maximum atomic E-state index is 11.7. The fourth-order valence-electron chi connectivity index (χ4n) is 1.17. The van der Waals surface area contributed by atoms with Crippen LogP contribution in [0.5, 0.6) is 0 Å². The van der Waals surface area contributed by atoms with E-state index in [1.54, 1.807) is 0 Å². The van der Waals surface area contributed by atoms with Crippen molar-refractivity contribution in [1.82, 2.24) is 5.32 Å². The summed E-state index contributed by atoms with van der Waals surface area (Å²) in [5.74, 6) is -0.0243. The third-order valence-electron chi connectivity index (χ3n) is 2.03. The number of halogens is 1. The first-order valence-electron chi connectivity index (χ1n) is 4.93. The number of nitrogens with one attached hydrogen (secondary N) is 2. The minimum absolute atomic E-state index is 0.0243. The lowest BCUT2D eigenvalue weighted by atomic mass is 10.2. The topological polar surface area (TPSA) is 33.5 Å². The standard InChI is InChI=1S/C11H15BrN2O/c1-14(2)8-7-13-11(15)9-5-3-4-6-10(9)12/h3-6H,7-8H2,1-2H3,(H,13,15)/p+1. The van der Waals surface area contributed by atoms with Gasteiger partial charge in [0.2, 0.25) is 0 Å². The molecule has 0 bridgehead atoms. The zero-order chi connectivity index (χ0) is 11.3. The van der Waals surface area contributed by atoms with E-state index in [1.165, 1.54) is 4.90 Å². The molecule has 0 aliphatic heterocycles. The number of likely N-dealkylation sites (N-methyl/N-ethyl adjacent to an activating group) is 1. The SMILES string of the molecule is C[NH+](C)CCNC(=O)c1ccccc1Br. The smallest absolute Gasteiger partial charge is 0.252 e. The number of rotatable bonds is 4. The van der Waals surface area contributed by atoms with Crippen molar-refractivity contribution in [3.05, 3.63) is 34.3 Å². The van der Waals surface area contributed by atoms with Crippen molar-refractivity contribution in [2.75, 3.05) is 27.2 Å². The van der Waals surface area contributed by atoms with Gasteiger partial charge in [-0.3, -0.25) is 4.79 Å². The largest absolute Gasteiger partial charge is 0.346 e. The van der Waals surface area contributed by atoms with Crippen LogP contribution in [0.3, 0.4) is 0 Å². The van der Waals surface area contributed by atoms with E-state index in [0.717, 1.165) is 11.0 Å². The maximum Gasteiger partial charge on any atom is 0.252 e. The molecule has 0 aliphatic rings. The van der Waals surface area contributed by atoms with Crippen molar-refractivity contribution in [3.63, 3.8) is 0 Å². The fraction of sp³-hybridized carbons (Fsp3) is 0.364. The summed E-state index contributed by atoms with van der Waals surface area (Å²) in [5.41, 5.74) is 0.686. The second kappa shape index (κ2) is 5.88. The molecule has 1 aromatic rings. The Kier molecular flexibility index (Phi) is 4.78. The van der Waals surface area contributed by atoms with Crippen molar-refractivity contribution in [2.24, 2.45) is 0 Å². The summed E-state index contributed by atoms with van der Waals surface area (Å²) in [6, 6.07) is 7.43. The average Bonchev–Trinajstić information content (AvgIpc) is 2.17. The Morgan fingerprint density at radius 1 is 1.40 bits per heavy atom. The van der Waals surface area contributed by atoms with Gasteiger partial charge < -0.3 is 10.2 Å². The van der Waals surface area contributed by atoms with Gasteiger partial charge in [-0.05, 0) is 28.1 Å². The Morgan fingerprint density at radius 2 is 2.07 bits per heavy atom. The molecule has 0 saturated heterocycles. The molecule has 0 fully saturated rings. The molecule has 1 rings (SSSR count).